The number of fused-ring (bicyclic) bond motifs is 1. The maximum atomic E-state index is 13.5. The van der Waals surface area contributed by atoms with Crippen LogP contribution in [-0.2, 0) is 28.4 Å². The van der Waals surface area contributed by atoms with Crippen molar-refractivity contribution in [3.63, 3.8) is 0 Å². The Balaban J connectivity index is 1.01. The Kier molecular flexibility index (Phi) is 8.51. The van der Waals surface area contributed by atoms with Gasteiger partial charge in [-0.05, 0) is 75.1 Å². The smallest absolute Gasteiger partial charge is 0.328 e. The van der Waals surface area contributed by atoms with Crippen molar-refractivity contribution in [2.75, 3.05) is 32.8 Å². The van der Waals surface area contributed by atoms with Crippen molar-refractivity contribution >= 4 is 10.9 Å². The van der Waals surface area contributed by atoms with E-state index in [1.807, 2.05) is 30.3 Å². The number of nitrogens with one attached hydrogen (secondary N) is 1. The predicted molar refractivity (Wildman–Crippen MR) is 158 cm³/mol. The first kappa shape index (κ1) is 28.3. The molecule has 6 rings (SSSR count). The van der Waals surface area contributed by atoms with E-state index < -0.39 is 11.5 Å². The van der Waals surface area contributed by atoms with Gasteiger partial charge in [0.25, 0.3) is 5.56 Å². The van der Waals surface area contributed by atoms with Crippen molar-refractivity contribution in [1.29, 1.82) is 0 Å². The Morgan fingerprint density at radius 3 is 2.36 bits per heavy atom. The van der Waals surface area contributed by atoms with Gasteiger partial charge in [-0.1, -0.05) is 42.5 Å². The molecule has 0 unspecified atom stereocenters. The minimum atomic E-state index is -0.799. The van der Waals surface area contributed by atoms with Gasteiger partial charge < -0.3 is 24.1 Å². The first-order valence-corrected chi connectivity index (χ1v) is 14.7. The number of hydrogen-bond acceptors (Lipinski definition) is 6. The van der Waals surface area contributed by atoms with Crippen LogP contribution in [-0.4, -0.2) is 47.3 Å². The molecule has 2 aliphatic heterocycles. The number of aromatic nitrogens is 2. The van der Waals surface area contributed by atoms with Gasteiger partial charge in [0, 0.05) is 24.1 Å². The Labute approximate surface area is 243 Å². The third-order valence-electron chi connectivity index (χ3n) is 8.40. The summed E-state index contributed by atoms with van der Waals surface area (Å²) in [5.41, 5.74) is 1.70. The lowest BCUT2D eigenvalue weighted by Gasteiger charge is -2.41. The van der Waals surface area contributed by atoms with Crippen LogP contribution in [0.5, 0.6) is 5.75 Å². The van der Waals surface area contributed by atoms with Crippen LogP contribution in [0, 0.1) is 11.7 Å². The van der Waals surface area contributed by atoms with E-state index in [0.717, 1.165) is 56.4 Å². The molecule has 9 heteroatoms. The molecule has 0 radical (unpaired) electrons. The number of aromatic amines is 1. The van der Waals surface area contributed by atoms with Gasteiger partial charge in [0.1, 0.15) is 18.2 Å². The number of halogens is 1. The lowest BCUT2D eigenvalue weighted by molar-refractivity contribution is -0.214. The zero-order chi connectivity index (χ0) is 28.9. The molecule has 0 saturated carbocycles. The van der Waals surface area contributed by atoms with Gasteiger partial charge in [0.15, 0.2) is 5.79 Å². The maximum Gasteiger partial charge on any atom is 0.328 e. The summed E-state index contributed by atoms with van der Waals surface area (Å²) in [7, 11) is 0. The average molecular weight is 574 g/mol. The first-order valence-electron chi connectivity index (χ1n) is 14.7. The van der Waals surface area contributed by atoms with Crippen molar-refractivity contribution in [3.05, 3.63) is 111 Å². The summed E-state index contributed by atoms with van der Waals surface area (Å²) in [5, 5.41) is 0.468. The molecule has 1 N–H and O–H groups in total. The number of rotatable bonds is 10. The van der Waals surface area contributed by atoms with Gasteiger partial charge in [-0.2, -0.15) is 0 Å². The van der Waals surface area contributed by atoms with Crippen molar-refractivity contribution in [2.24, 2.45) is 5.92 Å². The van der Waals surface area contributed by atoms with Crippen LogP contribution in [0.1, 0.15) is 36.8 Å². The molecule has 3 heterocycles. The van der Waals surface area contributed by atoms with Gasteiger partial charge in [-0.3, -0.25) is 9.36 Å². The van der Waals surface area contributed by atoms with Crippen LogP contribution >= 0.6 is 0 Å². The predicted octanol–water partition coefficient (Wildman–Crippen LogP) is 4.80. The second-order valence-corrected chi connectivity index (χ2v) is 11.1. The minimum Gasteiger partial charge on any atom is -0.489 e. The lowest BCUT2D eigenvalue weighted by atomic mass is 9.84. The molecule has 2 aliphatic rings. The van der Waals surface area contributed by atoms with Crippen molar-refractivity contribution < 1.29 is 18.6 Å². The monoisotopic (exact) mass is 573 g/mol. The molecule has 4 aromatic rings. The van der Waals surface area contributed by atoms with Crippen LogP contribution in [0.3, 0.4) is 0 Å². The second kappa shape index (κ2) is 12.6. The normalized spacial score (nSPS) is 17.5. The summed E-state index contributed by atoms with van der Waals surface area (Å²) in [6.07, 6.45) is 3.42. The van der Waals surface area contributed by atoms with E-state index in [9.17, 15) is 14.0 Å². The molecule has 0 amide bonds. The third kappa shape index (κ3) is 6.04. The summed E-state index contributed by atoms with van der Waals surface area (Å²) in [4.78, 5) is 31.2. The number of H-pyrrole nitrogens is 1. The highest BCUT2D eigenvalue weighted by Crippen LogP contribution is 2.43. The number of benzene rings is 3. The summed E-state index contributed by atoms with van der Waals surface area (Å²) in [6, 6.07) is 21.5. The molecular weight excluding hydrogens is 537 g/mol. The van der Waals surface area contributed by atoms with Gasteiger partial charge in [0.2, 0.25) is 0 Å². The molecule has 3 aromatic carbocycles. The van der Waals surface area contributed by atoms with Crippen LogP contribution in [0.4, 0.5) is 4.39 Å². The van der Waals surface area contributed by atoms with E-state index in [2.05, 4.69) is 9.88 Å². The van der Waals surface area contributed by atoms with Gasteiger partial charge >= 0.3 is 5.69 Å². The topological polar surface area (TPSA) is 85.8 Å². The van der Waals surface area contributed by atoms with E-state index in [1.165, 1.54) is 16.7 Å². The lowest BCUT2D eigenvalue weighted by Crippen LogP contribution is -2.44. The van der Waals surface area contributed by atoms with Gasteiger partial charge in [-0.25, -0.2) is 9.18 Å². The molecule has 0 spiro atoms. The average Bonchev–Trinajstić information content (AvgIpc) is 3.52. The number of ether oxygens (including phenoxy) is 3. The SMILES string of the molecule is O=c1[nH]c2cc(OCc3ccccc3)ccc2c(=O)n1CCCCN1CCC(C2(c3ccc(F)cc3)OCCO2)CC1. The Morgan fingerprint density at radius 2 is 1.62 bits per heavy atom. The molecular formula is C33H36FN3O5. The Morgan fingerprint density at radius 1 is 0.905 bits per heavy atom. The third-order valence-corrected chi connectivity index (χ3v) is 8.40. The number of likely N-dealkylation sites (tertiary alicyclic amines) is 1. The summed E-state index contributed by atoms with van der Waals surface area (Å²) in [6.45, 7) is 4.55. The molecule has 0 atom stereocenters. The molecule has 2 saturated heterocycles. The Bertz CT molecular complexity index is 1610. The van der Waals surface area contributed by atoms with Crippen molar-refractivity contribution in [2.45, 2.75) is 44.6 Å². The van der Waals surface area contributed by atoms with E-state index in [-0.39, 0.29) is 17.3 Å². The molecule has 8 nitrogen and oxygen atoms in total. The van der Waals surface area contributed by atoms with E-state index in [4.69, 9.17) is 14.2 Å². The maximum absolute atomic E-state index is 13.5. The van der Waals surface area contributed by atoms with Crippen LogP contribution in [0.2, 0.25) is 0 Å². The largest absolute Gasteiger partial charge is 0.489 e. The zero-order valence-corrected chi connectivity index (χ0v) is 23.6. The fraction of sp³-hybridized carbons (Fsp3) is 0.394. The number of piperidine rings is 1. The molecule has 2 fully saturated rings. The molecule has 220 valence electrons. The highest BCUT2D eigenvalue weighted by atomic mass is 19.1. The van der Waals surface area contributed by atoms with Crippen molar-refractivity contribution in [3.8, 4) is 5.75 Å². The van der Waals surface area contributed by atoms with Crippen LogP contribution < -0.4 is 16.0 Å². The molecule has 1 aromatic heterocycles. The highest BCUT2D eigenvalue weighted by Gasteiger charge is 2.46. The van der Waals surface area contributed by atoms with Gasteiger partial charge in [-0.15, -0.1) is 0 Å². The molecule has 0 aliphatic carbocycles. The van der Waals surface area contributed by atoms with E-state index in [1.54, 1.807) is 30.3 Å². The van der Waals surface area contributed by atoms with Gasteiger partial charge in [0.05, 0.1) is 24.1 Å². The fourth-order valence-electron chi connectivity index (χ4n) is 6.16. The molecule has 42 heavy (non-hydrogen) atoms. The van der Waals surface area contributed by atoms with E-state index >= 15 is 0 Å². The highest BCUT2D eigenvalue weighted by molar-refractivity contribution is 5.78. The zero-order valence-electron chi connectivity index (χ0n) is 23.6. The number of nitrogens with zero attached hydrogens (tertiary/aromatic N) is 2. The van der Waals surface area contributed by atoms with E-state index in [0.29, 0.717) is 43.0 Å². The standard InChI is InChI=1S/C33H36FN3O5/c34-27-10-8-25(9-11-27)33(41-20-21-42-33)26-14-18-36(19-15-26)16-4-5-17-37-31(38)29-13-12-28(22-30(29)35-32(37)39)40-23-24-6-2-1-3-7-24/h1-3,6-13,22,26H,4-5,14-21,23H2,(H,35,39). The summed E-state index contributed by atoms with van der Waals surface area (Å²) < 4.78 is 33.0. The summed E-state index contributed by atoms with van der Waals surface area (Å²) >= 11 is 0. The first-order chi connectivity index (χ1) is 20.5. The quantitative estimate of drug-likeness (QED) is 0.275. The second-order valence-electron chi connectivity index (χ2n) is 11.1. The van der Waals surface area contributed by atoms with Crippen LogP contribution in [0.15, 0.2) is 82.4 Å². The van der Waals surface area contributed by atoms with Crippen molar-refractivity contribution in [1.82, 2.24) is 14.5 Å². The fourth-order valence-corrected chi connectivity index (χ4v) is 6.16. The summed E-state index contributed by atoms with van der Waals surface area (Å²) in [5.74, 6) is -0.279. The molecule has 0 bridgehead atoms. The number of hydrogen-bond donors (Lipinski definition) is 1. The minimum absolute atomic E-state index is 0.195. The van der Waals surface area contributed by atoms with Crippen LogP contribution in [0.25, 0.3) is 10.9 Å². The number of unbranched alkanes of at least 4 members (excludes halogenated alkanes) is 1. The Hall–Kier alpha value is -3.79.